The third-order valence-electron chi connectivity index (χ3n) is 3.38. The van der Waals surface area contributed by atoms with Gasteiger partial charge in [-0.05, 0) is 24.3 Å². The average molecular weight is 282 g/mol. The van der Waals surface area contributed by atoms with E-state index in [-0.39, 0.29) is 0 Å². The van der Waals surface area contributed by atoms with E-state index < -0.39 is 0 Å². The van der Waals surface area contributed by atoms with Crippen molar-refractivity contribution in [2.45, 2.75) is 0 Å². The fourth-order valence-electron chi connectivity index (χ4n) is 2.16. The predicted molar refractivity (Wildman–Crippen MR) is 90.2 cm³/mol. The Hall–Kier alpha value is -1.94. The van der Waals surface area contributed by atoms with Gasteiger partial charge in [-0.25, -0.2) is 4.98 Å². The lowest BCUT2D eigenvalue weighted by Crippen LogP contribution is -2.08. The second-order valence-corrected chi connectivity index (χ2v) is 6.39. The van der Waals surface area contributed by atoms with Crippen molar-refractivity contribution in [1.29, 1.82) is 0 Å². The summed E-state index contributed by atoms with van der Waals surface area (Å²) in [5.74, 6) is 0. The molecule has 102 valence electrons. The number of nitrogens with zero attached hydrogens (tertiary/aromatic N) is 3. The number of anilines is 2. The van der Waals surface area contributed by atoms with Crippen molar-refractivity contribution in [2.75, 3.05) is 38.0 Å². The monoisotopic (exact) mass is 282 g/mol. The van der Waals surface area contributed by atoms with Crippen LogP contribution in [0, 0.1) is 0 Å². The summed E-state index contributed by atoms with van der Waals surface area (Å²) in [7, 11) is 8.24. The van der Waals surface area contributed by atoms with E-state index in [4.69, 9.17) is 4.98 Å². The summed E-state index contributed by atoms with van der Waals surface area (Å²) in [6, 6.07) is 12.8. The molecule has 0 saturated carbocycles. The molecule has 0 atom stereocenters. The number of hydrogen-bond acceptors (Lipinski definition) is 3. The Balaban J connectivity index is 2.24. The van der Waals surface area contributed by atoms with Gasteiger partial charge in [-0.1, -0.05) is 0 Å². The van der Waals surface area contributed by atoms with Crippen molar-refractivity contribution < 1.29 is 0 Å². The van der Waals surface area contributed by atoms with Crippen LogP contribution in [0.5, 0.6) is 0 Å². The SMILES string of the molecule is CN(C)c1ccc2nc3ccc(N([11CH3])[11CH3])cc3[s+]c2c1. The maximum Gasteiger partial charge on any atom is 0.259 e. The highest BCUT2D eigenvalue weighted by atomic mass is 32.1. The van der Waals surface area contributed by atoms with Crippen LogP contribution < -0.4 is 9.80 Å². The Morgan fingerprint density at radius 1 is 0.750 bits per heavy atom. The third-order valence-corrected chi connectivity index (χ3v) is 4.47. The van der Waals surface area contributed by atoms with Gasteiger partial charge in [0.15, 0.2) is 0 Å². The van der Waals surface area contributed by atoms with Crippen LogP contribution in [0.4, 0.5) is 11.4 Å². The summed E-state index contributed by atoms with van der Waals surface area (Å²) < 4.78 is 2.44. The standard InChI is InChI=1S/C16H18N3S/c1-18(2)11-5-7-13-15(9-11)20-16-10-12(19(3)4)6-8-14(16)17-13/h5-10H,1-4H3/q+1/i1-1,2-1. The first-order chi connectivity index (χ1) is 9.54. The van der Waals surface area contributed by atoms with E-state index in [9.17, 15) is 0 Å². The lowest BCUT2D eigenvalue weighted by atomic mass is 10.2. The fourth-order valence-corrected chi connectivity index (χ4v) is 3.19. The largest absolute Gasteiger partial charge is 0.377 e. The molecule has 1 heterocycles. The Labute approximate surface area is 123 Å². The molecule has 3 nitrogen and oxygen atoms in total. The molecule has 3 rings (SSSR count). The van der Waals surface area contributed by atoms with Crippen molar-refractivity contribution >= 4 is 43.1 Å². The topological polar surface area (TPSA) is 19.4 Å². The zero-order valence-electron chi connectivity index (χ0n) is 12.2. The van der Waals surface area contributed by atoms with Gasteiger partial charge >= 0.3 is 0 Å². The summed E-state index contributed by atoms with van der Waals surface area (Å²) in [5.41, 5.74) is 4.54. The Morgan fingerprint density at radius 3 is 1.60 bits per heavy atom. The number of fused-ring (bicyclic) bond motifs is 2. The van der Waals surface area contributed by atoms with Gasteiger partial charge < -0.3 is 9.80 Å². The highest BCUT2D eigenvalue weighted by Gasteiger charge is 2.14. The normalized spacial score (nSPS) is 11.0. The number of rotatable bonds is 2. The van der Waals surface area contributed by atoms with Crippen LogP contribution in [-0.2, 0) is 0 Å². The highest BCUT2D eigenvalue weighted by Crippen LogP contribution is 2.30. The van der Waals surface area contributed by atoms with E-state index in [2.05, 4.69) is 74.4 Å². The summed E-state index contributed by atoms with van der Waals surface area (Å²) in [4.78, 5) is 8.99. The molecule has 0 aliphatic carbocycles. The molecule has 0 fully saturated rings. The van der Waals surface area contributed by atoms with E-state index in [1.54, 1.807) is 11.3 Å². The van der Waals surface area contributed by atoms with Gasteiger partial charge in [-0.15, -0.1) is 0 Å². The Bertz CT molecular complexity index is 718. The minimum atomic E-state index is 1.06. The van der Waals surface area contributed by atoms with Gasteiger partial charge in [-0.3, -0.25) is 0 Å². The number of aromatic nitrogens is 1. The third kappa shape index (κ3) is 2.27. The summed E-state index contributed by atoms with van der Waals surface area (Å²) in [6.07, 6.45) is 0. The molecular formula is C16H18N3S+. The lowest BCUT2D eigenvalue weighted by molar-refractivity contribution is 1.13. The van der Waals surface area contributed by atoms with Gasteiger partial charge in [-0.2, -0.15) is 0 Å². The maximum atomic E-state index is 4.75. The second kappa shape index (κ2) is 4.87. The second-order valence-electron chi connectivity index (χ2n) is 5.31. The lowest BCUT2D eigenvalue weighted by Gasteiger charge is -2.11. The number of benzene rings is 2. The number of hydrogen-bond donors (Lipinski definition) is 0. The van der Waals surface area contributed by atoms with E-state index in [1.807, 2.05) is 0 Å². The molecule has 0 aliphatic heterocycles. The van der Waals surface area contributed by atoms with E-state index in [1.165, 1.54) is 20.8 Å². The van der Waals surface area contributed by atoms with Crippen LogP contribution in [0.25, 0.3) is 20.4 Å². The quantitative estimate of drug-likeness (QED) is 0.525. The first kappa shape index (κ1) is 13.1. The first-order valence-electron chi connectivity index (χ1n) is 6.57. The van der Waals surface area contributed by atoms with Gasteiger partial charge in [0.05, 0.1) is 0 Å². The molecule has 0 amide bonds. The highest BCUT2D eigenvalue weighted by molar-refractivity contribution is 7.24. The summed E-state index contributed by atoms with van der Waals surface area (Å²) >= 11 is 1.80. The van der Waals surface area contributed by atoms with Crippen molar-refractivity contribution in [3.63, 3.8) is 0 Å². The van der Waals surface area contributed by atoms with Crippen LogP contribution >= 0.6 is 11.3 Å². The molecule has 0 saturated heterocycles. The van der Waals surface area contributed by atoms with Gasteiger partial charge in [0, 0.05) is 51.7 Å². The molecule has 0 spiro atoms. The molecule has 2 aromatic carbocycles. The van der Waals surface area contributed by atoms with Crippen LogP contribution in [0.15, 0.2) is 36.4 Å². The maximum absolute atomic E-state index is 4.75. The van der Waals surface area contributed by atoms with Crippen molar-refractivity contribution in [1.82, 2.24) is 4.98 Å². The smallest absolute Gasteiger partial charge is 0.259 e. The summed E-state index contributed by atoms with van der Waals surface area (Å²) in [6.45, 7) is 0. The van der Waals surface area contributed by atoms with Crippen molar-refractivity contribution in [3.8, 4) is 0 Å². The first-order valence-corrected chi connectivity index (χ1v) is 7.38. The Morgan fingerprint density at radius 2 is 1.20 bits per heavy atom. The van der Waals surface area contributed by atoms with Crippen molar-refractivity contribution in [2.24, 2.45) is 0 Å². The minimum absolute atomic E-state index is 1.06. The van der Waals surface area contributed by atoms with Crippen molar-refractivity contribution in [3.05, 3.63) is 36.4 Å². The predicted octanol–water partition coefficient (Wildman–Crippen LogP) is 3.86. The average Bonchev–Trinajstić information content (AvgIpc) is 2.43. The fraction of sp³-hybridized carbons (Fsp3) is 0.250. The van der Waals surface area contributed by atoms with Crippen LogP contribution in [0.3, 0.4) is 0 Å². The Kier molecular flexibility index (Phi) is 3.18. The van der Waals surface area contributed by atoms with Crippen LogP contribution in [0.2, 0.25) is 0 Å². The molecule has 1 aromatic heterocycles. The van der Waals surface area contributed by atoms with Gasteiger partial charge in [0.1, 0.15) is 11.0 Å². The van der Waals surface area contributed by atoms with E-state index in [0.29, 0.717) is 0 Å². The van der Waals surface area contributed by atoms with E-state index >= 15 is 0 Å². The van der Waals surface area contributed by atoms with Crippen LogP contribution in [0.1, 0.15) is 0 Å². The van der Waals surface area contributed by atoms with E-state index in [0.717, 1.165) is 11.0 Å². The molecule has 3 aromatic rings. The summed E-state index contributed by atoms with van der Waals surface area (Å²) in [5, 5.41) is 0. The molecule has 0 unspecified atom stereocenters. The molecule has 20 heavy (non-hydrogen) atoms. The van der Waals surface area contributed by atoms with Gasteiger partial charge in [0.25, 0.3) is 9.40 Å². The molecule has 0 radical (unpaired) electrons. The molecule has 0 bridgehead atoms. The zero-order valence-corrected chi connectivity index (χ0v) is 13.0. The zero-order chi connectivity index (χ0) is 14.3. The van der Waals surface area contributed by atoms with Crippen LogP contribution in [-0.4, -0.2) is 33.2 Å². The molecule has 0 N–H and O–H groups in total. The van der Waals surface area contributed by atoms with Gasteiger partial charge in [0.2, 0.25) is 11.3 Å². The molecular weight excluding hydrogens is 264 g/mol. The molecule has 0 aliphatic rings. The minimum Gasteiger partial charge on any atom is -0.377 e. The molecule has 4 heteroatoms.